The summed E-state index contributed by atoms with van der Waals surface area (Å²) < 4.78 is 5.22. The lowest BCUT2D eigenvalue weighted by molar-refractivity contribution is 0.0491. The van der Waals surface area contributed by atoms with Crippen molar-refractivity contribution in [2.75, 3.05) is 13.7 Å². The van der Waals surface area contributed by atoms with E-state index < -0.39 is 0 Å². The van der Waals surface area contributed by atoms with Crippen LogP contribution in [0.5, 0.6) is 5.75 Å². The van der Waals surface area contributed by atoms with E-state index in [2.05, 4.69) is 11.9 Å². The number of carbonyl (C=O) groups excluding carboxylic acids is 1. The van der Waals surface area contributed by atoms with Crippen molar-refractivity contribution in [1.82, 2.24) is 9.88 Å². The van der Waals surface area contributed by atoms with Crippen molar-refractivity contribution in [2.24, 2.45) is 5.73 Å². The molecule has 2 atom stereocenters. The Bertz CT molecular complexity index is 450. The fourth-order valence-corrected chi connectivity index (χ4v) is 2.74. The number of hydrogen-bond acceptors (Lipinski definition) is 4. The van der Waals surface area contributed by atoms with Gasteiger partial charge in [-0.3, -0.25) is 9.78 Å². The Hall–Kier alpha value is -1.62. The molecule has 2 N–H and O–H groups in total. The summed E-state index contributed by atoms with van der Waals surface area (Å²) in [5.41, 5.74) is 6.36. The average molecular weight is 263 g/mol. The van der Waals surface area contributed by atoms with E-state index in [0.29, 0.717) is 17.9 Å². The van der Waals surface area contributed by atoms with E-state index in [9.17, 15) is 4.79 Å². The molecule has 5 nitrogen and oxygen atoms in total. The second-order valence-electron chi connectivity index (χ2n) is 4.96. The summed E-state index contributed by atoms with van der Waals surface area (Å²) in [6.45, 7) is 2.58. The third-order valence-electron chi connectivity index (χ3n) is 3.77. The lowest BCUT2D eigenvalue weighted by atomic mass is 9.95. The summed E-state index contributed by atoms with van der Waals surface area (Å²) in [5.74, 6) is 0.503. The molecular weight excluding hydrogens is 242 g/mol. The molecule has 2 rings (SSSR count). The molecule has 1 aliphatic heterocycles. The lowest BCUT2D eigenvalue weighted by Crippen LogP contribution is -2.51. The molecule has 2 heterocycles. The predicted molar refractivity (Wildman–Crippen MR) is 73.1 cm³/mol. The van der Waals surface area contributed by atoms with Crippen LogP contribution < -0.4 is 10.5 Å². The van der Waals surface area contributed by atoms with Crippen molar-refractivity contribution in [3.63, 3.8) is 0 Å². The maximum Gasteiger partial charge on any atom is 0.258 e. The Morgan fingerprint density at radius 1 is 1.58 bits per heavy atom. The molecule has 0 spiro atoms. The minimum Gasteiger partial charge on any atom is -0.494 e. The van der Waals surface area contributed by atoms with Gasteiger partial charge in [0.1, 0.15) is 5.75 Å². The van der Waals surface area contributed by atoms with Crippen LogP contribution in [0.2, 0.25) is 0 Å². The molecule has 1 aliphatic rings. The highest BCUT2D eigenvalue weighted by molar-refractivity contribution is 5.97. The largest absolute Gasteiger partial charge is 0.494 e. The maximum atomic E-state index is 12.7. The van der Waals surface area contributed by atoms with Crippen molar-refractivity contribution in [2.45, 2.75) is 38.3 Å². The third-order valence-corrected chi connectivity index (χ3v) is 3.77. The van der Waals surface area contributed by atoms with E-state index in [1.54, 1.807) is 25.6 Å². The number of rotatable bonds is 3. The van der Waals surface area contributed by atoms with Gasteiger partial charge in [-0.05, 0) is 32.3 Å². The SMILES string of the molecule is COc1cnccc1C(=O)N1C(C)CCCC1CN. The van der Waals surface area contributed by atoms with Crippen molar-refractivity contribution < 1.29 is 9.53 Å². The zero-order chi connectivity index (χ0) is 13.8. The molecule has 1 saturated heterocycles. The minimum atomic E-state index is -0.0121. The highest BCUT2D eigenvalue weighted by atomic mass is 16.5. The number of nitrogens with zero attached hydrogens (tertiary/aromatic N) is 2. The third kappa shape index (κ3) is 2.71. The van der Waals surface area contributed by atoms with Gasteiger partial charge in [-0.25, -0.2) is 0 Å². The van der Waals surface area contributed by atoms with Crippen LogP contribution in [-0.4, -0.2) is 41.5 Å². The highest BCUT2D eigenvalue weighted by Crippen LogP contribution is 2.27. The molecule has 2 unspecified atom stereocenters. The summed E-state index contributed by atoms with van der Waals surface area (Å²) in [6.07, 6.45) is 6.30. The maximum absolute atomic E-state index is 12.7. The summed E-state index contributed by atoms with van der Waals surface area (Å²) >= 11 is 0. The van der Waals surface area contributed by atoms with Crippen LogP contribution in [0.25, 0.3) is 0 Å². The van der Waals surface area contributed by atoms with Crippen LogP contribution in [-0.2, 0) is 0 Å². The number of pyridine rings is 1. The summed E-state index contributed by atoms with van der Waals surface area (Å²) in [6, 6.07) is 2.04. The summed E-state index contributed by atoms with van der Waals surface area (Å²) in [4.78, 5) is 18.6. The molecular formula is C14H21N3O2. The number of piperidine rings is 1. The molecule has 0 aromatic carbocycles. The molecule has 1 aromatic rings. The number of aromatic nitrogens is 1. The fraction of sp³-hybridized carbons (Fsp3) is 0.571. The van der Waals surface area contributed by atoms with E-state index >= 15 is 0 Å². The quantitative estimate of drug-likeness (QED) is 0.895. The molecule has 104 valence electrons. The van der Waals surface area contributed by atoms with E-state index in [4.69, 9.17) is 10.5 Å². The van der Waals surface area contributed by atoms with Crippen LogP contribution in [0.4, 0.5) is 0 Å². The zero-order valence-corrected chi connectivity index (χ0v) is 11.5. The highest BCUT2D eigenvalue weighted by Gasteiger charge is 2.32. The van der Waals surface area contributed by atoms with Gasteiger partial charge in [0.15, 0.2) is 0 Å². The van der Waals surface area contributed by atoms with E-state index in [1.807, 2.05) is 4.90 Å². The van der Waals surface area contributed by atoms with Crippen molar-refractivity contribution in [1.29, 1.82) is 0 Å². The van der Waals surface area contributed by atoms with E-state index in [-0.39, 0.29) is 18.0 Å². The standard InChI is InChI=1S/C14H21N3O2/c1-10-4-3-5-11(8-15)17(10)14(18)12-6-7-16-9-13(12)19-2/h6-7,9-11H,3-5,8,15H2,1-2H3. The second-order valence-corrected chi connectivity index (χ2v) is 4.96. The molecule has 1 fully saturated rings. The van der Waals surface area contributed by atoms with Gasteiger partial charge in [0.25, 0.3) is 5.91 Å². The van der Waals surface area contributed by atoms with Crippen molar-refractivity contribution in [3.8, 4) is 5.75 Å². The number of amides is 1. The van der Waals surface area contributed by atoms with Crippen LogP contribution in [0, 0.1) is 0 Å². The number of methoxy groups -OCH3 is 1. The second kappa shape index (κ2) is 6.02. The summed E-state index contributed by atoms with van der Waals surface area (Å²) in [7, 11) is 1.55. The average Bonchev–Trinajstić information content (AvgIpc) is 2.46. The van der Waals surface area contributed by atoms with Gasteiger partial charge in [-0.2, -0.15) is 0 Å². The van der Waals surface area contributed by atoms with Crippen LogP contribution in [0.15, 0.2) is 18.5 Å². The van der Waals surface area contributed by atoms with Gasteiger partial charge in [0, 0.05) is 24.8 Å². The van der Waals surface area contributed by atoms with E-state index in [0.717, 1.165) is 19.3 Å². The number of hydrogen-bond donors (Lipinski definition) is 1. The predicted octanol–water partition coefficient (Wildman–Crippen LogP) is 1.43. The van der Waals surface area contributed by atoms with Crippen molar-refractivity contribution in [3.05, 3.63) is 24.0 Å². The molecule has 0 radical (unpaired) electrons. The molecule has 19 heavy (non-hydrogen) atoms. The molecule has 5 heteroatoms. The van der Waals surface area contributed by atoms with Gasteiger partial charge in [0.2, 0.25) is 0 Å². The van der Waals surface area contributed by atoms with Gasteiger partial charge in [-0.1, -0.05) is 0 Å². The smallest absolute Gasteiger partial charge is 0.258 e. The lowest BCUT2D eigenvalue weighted by Gasteiger charge is -2.40. The van der Waals surface area contributed by atoms with Crippen LogP contribution >= 0.6 is 0 Å². The topological polar surface area (TPSA) is 68.5 Å². The first-order valence-corrected chi connectivity index (χ1v) is 6.69. The van der Waals surface area contributed by atoms with Gasteiger partial charge in [-0.15, -0.1) is 0 Å². The number of nitrogens with two attached hydrogens (primary N) is 1. The molecule has 1 aromatic heterocycles. The Morgan fingerprint density at radius 2 is 2.37 bits per heavy atom. The van der Waals surface area contributed by atoms with Crippen LogP contribution in [0.3, 0.4) is 0 Å². The van der Waals surface area contributed by atoms with Crippen molar-refractivity contribution >= 4 is 5.91 Å². The zero-order valence-electron chi connectivity index (χ0n) is 11.5. The Balaban J connectivity index is 2.30. The number of ether oxygens (including phenoxy) is 1. The first-order valence-electron chi connectivity index (χ1n) is 6.69. The molecule has 0 saturated carbocycles. The van der Waals surface area contributed by atoms with Gasteiger partial charge < -0.3 is 15.4 Å². The van der Waals surface area contributed by atoms with Crippen LogP contribution in [0.1, 0.15) is 36.5 Å². The minimum absolute atomic E-state index is 0.0121. The Kier molecular flexibility index (Phi) is 4.37. The van der Waals surface area contributed by atoms with Gasteiger partial charge in [0.05, 0.1) is 18.9 Å². The molecule has 0 aliphatic carbocycles. The normalized spacial score (nSPS) is 23.2. The summed E-state index contributed by atoms with van der Waals surface area (Å²) in [5, 5.41) is 0. The Morgan fingerprint density at radius 3 is 3.05 bits per heavy atom. The first-order chi connectivity index (χ1) is 9.19. The number of likely N-dealkylation sites (tertiary alicyclic amines) is 1. The number of carbonyl (C=O) groups is 1. The fourth-order valence-electron chi connectivity index (χ4n) is 2.74. The first kappa shape index (κ1) is 13.8. The molecule has 0 bridgehead atoms. The monoisotopic (exact) mass is 263 g/mol. The van der Waals surface area contributed by atoms with E-state index in [1.165, 1.54) is 0 Å². The van der Waals surface area contributed by atoms with Gasteiger partial charge >= 0.3 is 0 Å². The Labute approximate surface area is 113 Å². The molecule has 1 amide bonds.